The third kappa shape index (κ3) is 3.18. The van der Waals surface area contributed by atoms with Gasteiger partial charge >= 0.3 is 0 Å². The van der Waals surface area contributed by atoms with Gasteiger partial charge in [0.15, 0.2) is 5.78 Å². The maximum atomic E-state index is 13.3. The summed E-state index contributed by atoms with van der Waals surface area (Å²) in [7, 11) is 1.56. The smallest absolute Gasteiger partial charge is 0.210 e. The SMILES string of the molecule is COc1ccccc1N=C1C(=O)c2ccccc2C(=O)C1N1CCOCC1. The molecule has 0 radical (unpaired) electrons. The lowest BCUT2D eigenvalue weighted by molar-refractivity contribution is 0.0278. The van der Waals surface area contributed by atoms with Gasteiger partial charge in [-0.15, -0.1) is 0 Å². The van der Waals surface area contributed by atoms with E-state index in [1.54, 1.807) is 43.5 Å². The van der Waals surface area contributed by atoms with Crippen molar-refractivity contribution in [3.63, 3.8) is 0 Å². The average Bonchev–Trinajstić information content (AvgIpc) is 2.73. The molecule has 0 bridgehead atoms. The van der Waals surface area contributed by atoms with Gasteiger partial charge in [-0.1, -0.05) is 36.4 Å². The third-order valence-electron chi connectivity index (χ3n) is 4.91. The first-order valence-corrected chi connectivity index (χ1v) is 8.92. The number of para-hydroxylation sites is 2. The van der Waals surface area contributed by atoms with Crippen molar-refractivity contribution in [2.75, 3.05) is 33.4 Å². The summed E-state index contributed by atoms with van der Waals surface area (Å²) < 4.78 is 10.8. The van der Waals surface area contributed by atoms with E-state index < -0.39 is 6.04 Å². The van der Waals surface area contributed by atoms with Crippen LogP contribution < -0.4 is 4.74 Å². The molecule has 2 aromatic rings. The number of hydrogen-bond donors (Lipinski definition) is 0. The number of Topliss-reactive ketones (excluding diaryl/α,β-unsaturated/α-hetero) is 2. The number of morpholine rings is 1. The number of carbonyl (C=O) groups is 2. The summed E-state index contributed by atoms with van der Waals surface area (Å²) in [6.45, 7) is 2.22. The molecule has 4 rings (SSSR count). The predicted molar refractivity (Wildman–Crippen MR) is 101 cm³/mol. The van der Waals surface area contributed by atoms with Gasteiger partial charge in [-0.05, 0) is 12.1 Å². The first kappa shape index (κ1) is 17.6. The summed E-state index contributed by atoms with van der Waals surface area (Å²) in [6, 6.07) is 13.5. The molecular weight excluding hydrogens is 344 g/mol. The molecule has 0 saturated carbocycles. The molecule has 0 amide bonds. The number of aliphatic imine (C=N–C) groups is 1. The van der Waals surface area contributed by atoms with E-state index in [-0.39, 0.29) is 17.3 Å². The van der Waals surface area contributed by atoms with Crippen molar-refractivity contribution in [2.45, 2.75) is 6.04 Å². The standard InChI is InChI=1S/C21H20N2O4/c1-26-17-9-5-4-8-16(17)22-18-19(23-10-12-27-13-11-23)21(25)15-7-3-2-6-14(15)20(18)24/h2-9,19H,10-13H2,1H3. The van der Waals surface area contributed by atoms with E-state index in [1.165, 1.54) is 0 Å². The second-order valence-corrected chi connectivity index (χ2v) is 6.46. The Kier molecular flexibility index (Phi) is 4.83. The first-order valence-electron chi connectivity index (χ1n) is 8.92. The lowest BCUT2D eigenvalue weighted by Gasteiger charge is -2.36. The van der Waals surface area contributed by atoms with Crippen LogP contribution in [0.3, 0.4) is 0 Å². The summed E-state index contributed by atoms with van der Waals surface area (Å²) >= 11 is 0. The maximum Gasteiger partial charge on any atom is 0.210 e. The van der Waals surface area contributed by atoms with Crippen LogP contribution in [0.2, 0.25) is 0 Å². The molecule has 0 spiro atoms. The number of nitrogens with zero attached hydrogens (tertiary/aromatic N) is 2. The lowest BCUT2D eigenvalue weighted by atomic mass is 9.83. The van der Waals surface area contributed by atoms with Crippen LogP contribution in [0, 0.1) is 0 Å². The molecule has 6 nitrogen and oxygen atoms in total. The summed E-state index contributed by atoms with van der Waals surface area (Å²) in [5, 5.41) is 0. The van der Waals surface area contributed by atoms with Gasteiger partial charge < -0.3 is 9.47 Å². The fraction of sp³-hybridized carbons (Fsp3) is 0.286. The molecule has 1 fully saturated rings. The average molecular weight is 364 g/mol. The number of benzene rings is 2. The highest BCUT2D eigenvalue weighted by Gasteiger charge is 2.42. The van der Waals surface area contributed by atoms with Crippen molar-refractivity contribution in [3.8, 4) is 5.75 Å². The van der Waals surface area contributed by atoms with Crippen LogP contribution in [0.1, 0.15) is 20.7 Å². The zero-order valence-electron chi connectivity index (χ0n) is 15.1. The van der Waals surface area contributed by atoms with Crippen molar-refractivity contribution in [3.05, 3.63) is 59.7 Å². The van der Waals surface area contributed by atoms with Crippen LogP contribution in [-0.4, -0.2) is 61.6 Å². The van der Waals surface area contributed by atoms with Gasteiger partial charge in [-0.3, -0.25) is 14.5 Å². The molecule has 1 atom stereocenters. The Bertz CT molecular complexity index is 916. The van der Waals surface area contributed by atoms with Gasteiger partial charge in [0.2, 0.25) is 5.78 Å². The summed E-state index contributed by atoms with van der Waals surface area (Å²) in [6.07, 6.45) is 0. The third-order valence-corrected chi connectivity index (χ3v) is 4.91. The van der Waals surface area contributed by atoms with Crippen molar-refractivity contribution in [2.24, 2.45) is 4.99 Å². The van der Waals surface area contributed by atoms with E-state index in [9.17, 15) is 9.59 Å². The van der Waals surface area contributed by atoms with Gasteiger partial charge in [-0.2, -0.15) is 0 Å². The molecule has 27 heavy (non-hydrogen) atoms. The largest absolute Gasteiger partial charge is 0.494 e. The topological polar surface area (TPSA) is 68.2 Å². The van der Waals surface area contributed by atoms with Gasteiger partial charge in [-0.25, -0.2) is 4.99 Å². The number of methoxy groups -OCH3 is 1. The van der Waals surface area contributed by atoms with Gasteiger partial charge in [0.1, 0.15) is 23.2 Å². The Morgan fingerprint density at radius 2 is 1.67 bits per heavy atom. The summed E-state index contributed by atoms with van der Waals surface area (Å²) in [5.74, 6) is 0.248. The van der Waals surface area contributed by atoms with Crippen molar-refractivity contribution < 1.29 is 19.1 Å². The molecule has 2 aromatic carbocycles. The number of carbonyl (C=O) groups excluding carboxylic acids is 2. The van der Waals surface area contributed by atoms with Crippen LogP contribution >= 0.6 is 0 Å². The molecular formula is C21H20N2O4. The van der Waals surface area contributed by atoms with Gasteiger partial charge in [0, 0.05) is 24.2 Å². The number of rotatable bonds is 3. The van der Waals surface area contributed by atoms with Crippen LogP contribution in [-0.2, 0) is 4.74 Å². The van der Waals surface area contributed by atoms with Crippen LogP contribution in [0.15, 0.2) is 53.5 Å². The Labute approximate surface area is 157 Å². The highest BCUT2D eigenvalue weighted by atomic mass is 16.5. The van der Waals surface area contributed by atoms with Crippen molar-refractivity contribution in [1.82, 2.24) is 4.90 Å². The van der Waals surface area contributed by atoms with Crippen LogP contribution in [0.5, 0.6) is 5.75 Å². The van der Waals surface area contributed by atoms with Crippen molar-refractivity contribution in [1.29, 1.82) is 0 Å². The minimum absolute atomic E-state index is 0.0965. The van der Waals surface area contributed by atoms with Crippen LogP contribution in [0.4, 0.5) is 5.69 Å². The Morgan fingerprint density at radius 1 is 1.00 bits per heavy atom. The van der Waals surface area contributed by atoms with Gasteiger partial charge in [0.05, 0.1) is 20.3 Å². The first-order chi connectivity index (χ1) is 13.2. The predicted octanol–water partition coefficient (Wildman–Crippen LogP) is 2.55. The number of ether oxygens (including phenoxy) is 2. The zero-order chi connectivity index (χ0) is 18.8. The molecule has 1 unspecified atom stereocenters. The molecule has 1 aliphatic carbocycles. The van der Waals surface area contributed by atoms with E-state index in [0.717, 1.165) is 0 Å². The molecule has 0 aromatic heterocycles. The van der Waals surface area contributed by atoms with Gasteiger partial charge in [0.25, 0.3) is 0 Å². The molecule has 2 aliphatic rings. The minimum atomic E-state index is -0.707. The second kappa shape index (κ2) is 7.42. The molecule has 1 aliphatic heterocycles. The second-order valence-electron chi connectivity index (χ2n) is 6.46. The normalized spacial score (nSPS) is 22.0. The molecule has 0 N–H and O–H groups in total. The van der Waals surface area contributed by atoms with E-state index in [4.69, 9.17) is 9.47 Å². The Balaban J connectivity index is 1.86. The fourth-order valence-electron chi connectivity index (χ4n) is 3.57. The number of hydrogen-bond acceptors (Lipinski definition) is 6. The summed E-state index contributed by atoms with van der Waals surface area (Å²) in [5.41, 5.74) is 1.64. The van der Waals surface area contributed by atoms with E-state index in [0.29, 0.717) is 48.9 Å². The fourth-order valence-corrected chi connectivity index (χ4v) is 3.57. The minimum Gasteiger partial charge on any atom is -0.494 e. The lowest BCUT2D eigenvalue weighted by Crippen LogP contribution is -2.55. The molecule has 1 heterocycles. The zero-order valence-corrected chi connectivity index (χ0v) is 15.1. The Hall–Kier alpha value is -2.83. The molecule has 138 valence electrons. The maximum absolute atomic E-state index is 13.3. The van der Waals surface area contributed by atoms with Crippen molar-refractivity contribution >= 4 is 23.0 Å². The molecule has 6 heteroatoms. The Morgan fingerprint density at radius 3 is 2.41 bits per heavy atom. The van der Waals surface area contributed by atoms with E-state index in [1.807, 2.05) is 17.0 Å². The van der Waals surface area contributed by atoms with E-state index in [2.05, 4.69) is 4.99 Å². The number of fused-ring (bicyclic) bond motifs is 1. The quantitative estimate of drug-likeness (QED) is 0.837. The molecule has 1 saturated heterocycles. The van der Waals surface area contributed by atoms with E-state index >= 15 is 0 Å². The monoisotopic (exact) mass is 364 g/mol. The number of ketones is 2. The highest BCUT2D eigenvalue weighted by Crippen LogP contribution is 2.30. The highest BCUT2D eigenvalue weighted by molar-refractivity contribution is 6.55. The summed E-state index contributed by atoms with van der Waals surface area (Å²) in [4.78, 5) is 33.1. The van der Waals surface area contributed by atoms with Crippen LogP contribution in [0.25, 0.3) is 0 Å².